The molecule has 2 heterocycles. The molecule has 1 amide bonds. The van der Waals surface area contributed by atoms with Gasteiger partial charge in [-0.05, 0) is 36.6 Å². The summed E-state index contributed by atoms with van der Waals surface area (Å²) in [6.45, 7) is -1.41. The zero-order valence-corrected chi connectivity index (χ0v) is 24.2. The monoisotopic (exact) mass is 660 g/mol. The standard InChI is InChI=1S/C29H30ClF5N4O6/c30-23-17(31)9-15(10-18(23)32)19-12-39(37-36-19)24-25(42)22(13-40)45-27(26(24)43)28(44)38(20-7-3-4-8-21(20)41)11-14-5-1-2-6-16(14)29(33,34)35/h1-2,5-6,9-10,12,20-22,24-27,40-43H,3-4,7-8,11,13H2/t20-,21-,22+,24-,25-,26+,27+/m0/s1. The van der Waals surface area contributed by atoms with Crippen LogP contribution in [0, 0.1) is 11.6 Å². The van der Waals surface area contributed by atoms with Gasteiger partial charge in [0.1, 0.15) is 46.7 Å². The van der Waals surface area contributed by atoms with Crippen molar-refractivity contribution in [3.05, 3.63) is 70.4 Å². The summed E-state index contributed by atoms with van der Waals surface area (Å²) in [5, 5.41) is 50.2. The van der Waals surface area contributed by atoms with Crippen LogP contribution in [0.25, 0.3) is 11.3 Å². The third-order valence-corrected chi connectivity index (χ3v) is 8.63. The van der Waals surface area contributed by atoms with Crippen molar-refractivity contribution in [1.29, 1.82) is 0 Å². The van der Waals surface area contributed by atoms with Crippen LogP contribution >= 0.6 is 11.6 Å². The molecule has 7 atom stereocenters. The lowest BCUT2D eigenvalue weighted by Crippen LogP contribution is -2.62. The first-order valence-corrected chi connectivity index (χ1v) is 14.5. The highest BCUT2D eigenvalue weighted by molar-refractivity contribution is 6.31. The first-order chi connectivity index (χ1) is 21.3. The molecule has 0 bridgehead atoms. The van der Waals surface area contributed by atoms with E-state index >= 15 is 0 Å². The van der Waals surface area contributed by atoms with E-state index in [1.165, 1.54) is 18.2 Å². The number of benzene rings is 2. The summed E-state index contributed by atoms with van der Waals surface area (Å²) < 4.78 is 76.3. The number of nitrogens with zero attached hydrogens (tertiary/aromatic N) is 4. The van der Waals surface area contributed by atoms with Gasteiger partial charge in [-0.3, -0.25) is 4.79 Å². The molecule has 1 aliphatic heterocycles. The van der Waals surface area contributed by atoms with Gasteiger partial charge in [0.15, 0.2) is 6.10 Å². The van der Waals surface area contributed by atoms with Crippen molar-refractivity contribution < 1.29 is 51.9 Å². The number of aliphatic hydroxyl groups excluding tert-OH is 4. The second-order valence-corrected chi connectivity index (χ2v) is 11.5. The number of carbonyl (C=O) groups excluding carboxylic acids is 1. The van der Waals surface area contributed by atoms with Crippen LogP contribution < -0.4 is 0 Å². The van der Waals surface area contributed by atoms with Gasteiger partial charge in [0, 0.05) is 12.1 Å². The number of aliphatic hydroxyl groups is 4. The van der Waals surface area contributed by atoms with Crippen LogP contribution in [0.3, 0.4) is 0 Å². The molecular formula is C29H30ClF5N4O6. The molecule has 45 heavy (non-hydrogen) atoms. The second-order valence-electron chi connectivity index (χ2n) is 11.1. The van der Waals surface area contributed by atoms with Crippen molar-refractivity contribution in [2.24, 2.45) is 0 Å². The molecule has 2 aromatic carbocycles. The first kappa shape index (κ1) is 33.2. The molecule has 244 valence electrons. The maximum Gasteiger partial charge on any atom is 0.416 e. The number of rotatable bonds is 7. The van der Waals surface area contributed by atoms with E-state index in [2.05, 4.69) is 10.3 Å². The Hall–Kier alpha value is -3.21. The van der Waals surface area contributed by atoms with Crippen molar-refractivity contribution in [2.75, 3.05) is 6.61 Å². The molecule has 0 unspecified atom stereocenters. The Morgan fingerprint density at radius 3 is 2.38 bits per heavy atom. The molecule has 2 fully saturated rings. The van der Waals surface area contributed by atoms with E-state index in [1.54, 1.807) is 0 Å². The Labute approximate surface area is 258 Å². The molecule has 1 saturated carbocycles. The highest BCUT2D eigenvalue weighted by Crippen LogP contribution is 2.37. The molecular weight excluding hydrogens is 631 g/mol. The van der Waals surface area contributed by atoms with E-state index in [1.807, 2.05) is 0 Å². The second kappa shape index (κ2) is 13.3. The van der Waals surface area contributed by atoms with Crippen LogP contribution in [-0.2, 0) is 22.3 Å². The number of halogens is 6. The third kappa shape index (κ3) is 6.69. The van der Waals surface area contributed by atoms with E-state index in [9.17, 15) is 47.2 Å². The van der Waals surface area contributed by atoms with Crippen LogP contribution in [0.15, 0.2) is 42.6 Å². The average molecular weight is 661 g/mol. The third-order valence-electron chi connectivity index (χ3n) is 8.27. The highest BCUT2D eigenvalue weighted by Gasteiger charge is 2.51. The van der Waals surface area contributed by atoms with Gasteiger partial charge >= 0.3 is 6.18 Å². The van der Waals surface area contributed by atoms with E-state index in [4.69, 9.17) is 16.3 Å². The lowest BCUT2D eigenvalue weighted by atomic mass is 9.88. The van der Waals surface area contributed by atoms with Gasteiger partial charge in [-0.15, -0.1) is 5.10 Å². The molecule has 1 aliphatic carbocycles. The number of hydrogen-bond acceptors (Lipinski definition) is 8. The van der Waals surface area contributed by atoms with Crippen molar-refractivity contribution in [3.8, 4) is 11.3 Å². The highest BCUT2D eigenvalue weighted by atomic mass is 35.5. The molecule has 16 heteroatoms. The maximum absolute atomic E-state index is 14.1. The maximum atomic E-state index is 14.1. The number of hydrogen-bond donors (Lipinski definition) is 4. The predicted octanol–water partition coefficient (Wildman–Crippen LogP) is 3.25. The number of aromatic nitrogens is 3. The van der Waals surface area contributed by atoms with Crippen LogP contribution in [0.5, 0.6) is 0 Å². The van der Waals surface area contributed by atoms with Crippen LogP contribution in [0.4, 0.5) is 22.0 Å². The van der Waals surface area contributed by atoms with Crippen LogP contribution in [-0.4, -0.2) is 89.4 Å². The summed E-state index contributed by atoms with van der Waals surface area (Å²) in [5.41, 5.74) is -1.40. The minimum absolute atomic E-state index is 0.0798. The number of carbonyl (C=O) groups is 1. The largest absolute Gasteiger partial charge is 0.416 e. The molecule has 3 aromatic rings. The quantitative estimate of drug-likeness (QED) is 0.224. The van der Waals surface area contributed by atoms with Crippen molar-refractivity contribution in [2.45, 2.75) is 81.0 Å². The zero-order chi connectivity index (χ0) is 32.6. The average Bonchev–Trinajstić information content (AvgIpc) is 3.48. The van der Waals surface area contributed by atoms with E-state index < -0.39 is 90.1 Å². The van der Waals surface area contributed by atoms with Crippen molar-refractivity contribution in [3.63, 3.8) is 0 Å². The van der Waals surface area contributed by atoms with Gasteiger partial charge in [0.05, 0.1) is 30.5 Å². The number of alkyl halides is 3. The van der Waals surface area contributed by atoms with Crippen molar-refractivity contribution in [1.82, 2.24) is 19.9 Å². The molecule has 0 radical (unpaired) electrons. The number of ether oxygens (including phenoxy) is 1. The predicted molar refractivity (Wildman–Crippen MR) is 147 cm³/mol. The fourth-order valence-corrected chi connectivity index (χ4v) is 6.08. The molecule has 2 aliphatic rings. The van der Waals surface area contributed by atoms with Gasteiger partial charge in [0.25, 0.3) is 5.91 Å². The van der Waals surface area contributed by atoms with E-state index in [0.29, 0.717) is 12.8 Å². The van der Waals surface area contributed by atoms with Crippen molar-refractivity contribution >= 4 is 17.5 Å². The van der Waals surface area contributed by atoms with Gasteiger partial charge in [-0.2, -0.15) is 13.2 Å². The zero-order valence-electron chi connectivity index (χ0n) is 23.5. The Bertz CT molecular complexity index is 1500. The van der Waals surface area contributed by atoms with Gasteiger partial charge in [-0.1, -0.05) is 47.9 Å². The fourth-order valence-electron chi connectivity index (χ4n) is 5.97. The molecule has 5 rings (SSSR count). The normalized spacial score (nSPS) is 27.4. The molecule has 0 spiro atoms. The Morgan fingerprint density at radius 1 is 1.07 bits per heavy atom. The summed E-state index contributed by atoms with van der Waals surface area (Å²) in [6.07, 6.45) is -9.78. The lowest BCUT2D eigenvalue weighted by Gasteiger charge is -2.45. The van der Waals surface area contributed by atoms with Crippen LogP contribution in [0.2, 0.25) is 5.02 Å². The SMILES string of the molecule is O=C([C@@H]1O[C@H](CO)[C@H](O)[C@H](n2cc(-c3cc(F)c(Cl)c(F)c3)nn2)[C@H]1O)N(Cc1ccccc1C(F)(F)F)[C@H]1CCCC[C@@H]1O. The summed E-state index contributed by atoms with van der Waals surface area (Å²) in [4.78, 5) is 15.2. The summed E-state index contributed by atoms with van der Waals surface area (Å²) in [7, 11) is 0. The summed E-state index contributed by atoms with van der Waals surface area (Å²) >= 11 is 5.55. The van der Waals surface area contributed by atoms with Crippen LogP contribution in [0.1, 0.15) is 42.9 Å². The Morgan fingerprint density at radius 2 is 1.73 bits per heavy atom. The smallest absolute Gasteiger partial charge is 0.394 e. The number of amides is 1. The topological polar surface area (TPSA) is 141 Å². The van der Waals surface area contributed by atoms with Gasteiger partial charge in [0.2, 0.25) is 0 Å². The van der Waals surface area contributed by atoms with Gasteiger partial charge in [-0.25, -0.2) is 13.5 Å². The fraction of sp³-hybridized carbons (Fsp3) is 0.483. The van der Waals surface area contributed by atoms with E-state index in [0.717, 1.165) is 34.0 Å². The lowest BCUT2D eigenvalue weighted by molar-refractivity contribution is -0.214. The summed E-state index contributed by atoms with van der Waals surface area (Å²) in [6, 6.07) is 4.03. The first-order valence-electron chi connectivity index (χ1n) is 14.1. The molecule has 1 aromatic heterocycles. The Balaban J connectivity index is 1.50. The van der Waals surface area contributed by atoms with Gasteiger partial charge < -0.3 is 30.1 Å². The molecule has 1 saturated heterocycles. The molecule has 10 nitrogen and oxygen atoms in total. The minimum Gasteiger partial charge on any atom is -0.394 e. The Kier molecular flexibility index (Phi) is 9.77. The van der Waals surface area contributed by atoms with E-state index in [-0.39, 0.29) is 29.7 Å². The molecule has 4 N–H and O–H groups in total. The minimum atomic E-state index is -4.74. The summed E-state index contributed by atoms with van der Waals surface area (Å²) in [5.74, 6) is -3.13.